The van der Waals surface area contributed by atoms with Crippen LogP contribution in [0.5, 0.6) is 28.7 Å². The molecule has 6 nitrogen and oxygen atoms in total. The summed E-state index contributed by atoms with van der Waals surface area (Å²) in [4.78, 5) is 6.99. The zero-order valence-electron chi connectivity index (χ0n) is 17.0. The number of rotatable bonds is 5. The third-order valence-corrected chi connectivity index (χ3v) is 5.72. The molecule has 1 aliphatic heterocycles. The molecule has 0 atom stereocenters. The van der Waals surface area contributed by atoms with Gasteiger partial charge >= 0.3 is 0 Å². The van der Waals surface area contributed by atoms with Crippen molar-refractivity contribution in [2.45, 2.75) is 26.6 Å². The Labute approximate surface area is 174 Å². The molecule has 1 aromatic heterocycles. The lowest BCUT2D eigenvalue weighted by Crippen LogP contribution is -2.24. The second-order valence-corrected chi connectivity index (χ2v) is 7.96. The first kappa shape index (κ1) is 19.5. The summed E-state index contributed by atoms with van der Waals surface area (Å²) in [6.07, 6.45) is 0. The lowest BCUT2D eigenvalue weighted by Gasteiger charge is -2.28. The smallest absolute Gasteiger partial charge is 0.164 e. The van der Waals surface area contributed by atoms with Gasteiger partial charge in [0.25, 0.3) is 0 Å². The molecule has 29 heavy (non-hydrogen) atoms. The van der Waals surface area contributed by atoms with Gasteiger partial charge in [-0.2, -0.15) is 0 Å². The van der Waals surface area contributed by atoms with Crippen molar-refractivity contribution in [3.05, 3.63) is 57.5 Å². The molecule has 0 unspecified atom stereocenters. The van der Waals surface area contributed by atoms with Crippen molar-refractivity contribution in [3.63, 3.8) is 0 Å². The molecular formula is C22H24N2O4S. The van der Waals surface area contributed by atoms with Crippen LogP contribution in [-0.2, 0) is 19.6 Å². The van der Waals surface area contributed by atoms with Crippen molar-refractivity contribution in [1.29, 1.82) is 0 Å². The molecule has 2 aromatic carbocycles. The summed E-state index contributed by atoms with van der Waals surface area (Å²) >= 11 is 1.67. The molecule has 0 N–H and O–H groups in total. The Morgan fingerprint density at radius 3 is 2.38 bits per heavy atom. The van der Waals surface area contributed by atoms with E-state index in [0.29, 0.717) is 18.0 Å². The fourth-order valence-corrected chi connectivity index (χ4v) is 4.09. The first-order valence-corrected chi connectivity index (χ1v) is 10.2. The largest absolute Gasteiger partial charge is 0.497 e. The molecule has 1 aliphatic rings. The maximum absolute atomic E-state index is 6.31. The van der Waals surface area contributed by atoms with Crippen LogP contribution in [0.3, 0.4) is 0 Å². The van der Waals surface area contributed by atoms with Gasteiger partial charge in [-0.3, -0.25) is 4.90 Å². The van der Waals surface area contributed by atoms with Crippen LogP contribution in [0.1, 0.15) is 21.8 Å². The predicted molar refractivity (Wildman–Crippen MR) is 112 cm³/mol. The Balaban J connectivity index is 1.78. The number of methoxy groups -OCH3 is 3. The molecule has 2 heterocycles. The van der Waals surface area contributed by atoms with E-state index >= 15 is 0 Å². The second-order valence-electron chi connectivity index (χ2n) is 6.89. The summed E-state index contributed by atoms with van der Waals surface area (Å²) in [6.45, 7) is 4.23. The molecule has 0 saturated carbocycles. The van der Waals surface area contributed by atoms with Gasteiger partial charge in [-0.15, -0.1) is 11.3 Å². The SMILES string of the molecule is COc1ccc2c(c1)Oc1cc(OC)c(OC)cc1CN(Cc1csc(C)n1)C2. The van der Waals surface area contributed by atoms with E-state index in [2.05, 4.69) is 21.3 Å². The lowest BCUT2D eigenvalue weighted by molar-refractivity contribution is 0.232. The number of hydrogen-bond donors (Lipinski definition) is 0. The summed E-state index contributed by atoms with van der Waals surface area (Å²) in [5.41, 5.74) is 3.20. The average molecular weight is 413 g/mol. The number of nitrogens with zero attached hydrogens (tertiary/aromatic N) is 2. The minimum Gasteiger partial charge on any atom is -0.497 e. The van der Waals surface area contributed by atoms with Crippen molar-refractivity contribution in [2.24, 2.45) is 0 Å². The van der Waals surface area contributed by atoms with Gasteiger partial charge in [0.05, 0.1) is 32.0 Å². The lowest BCUT2D eigenvalue weighted by atomic mass is 10.1. The van der Waals surface area contributed by atoms with Crippen molar-refractivity contribution < 1.29 is 18.9 Å². The van der Waals surface area contributed by atoms with Gasteiger partial charge in [0.15, 0.2) is 11.5 Å². The first-order chi connectivity index (χ1) is 14.1. The molecule has 0 spiro atoms. The predicted octanol–water partition coefficient (Wildman–Crippen LogP) is 4.79. The summed E-state index contributed by atoms with van der Waals surface area (Å²) in [5.74, 6) is 3.60. The molecule has 0 radical (unpaired) electrons. The van der Waals surface area contributed by atoms with Crippen LogP contribution >= 0.6 is 11.3 Å². The molecule has 4 rings (SSSR count). The van der Waals surface area contributed by atoms with Crippen LogP contribution in [0, 0.1) is 6.92 Å². The van der Waals surface area contributed by atoms with Gasteiger partial charge in [-0.25, -0.2) is 4.98 Å². The third kappa shape index (κ3) is 4.16. The highest BCUT2D eigenvalue weighted by Gasteiger charge is 2.22. The van der Waals surface area contributed by atoms with E-state index in [-0.39, 0.29) is 0 Å². The topological polar surface area (TPSA) is 53.1 Å². The van der Waals surface area contributed by atoms with Crippen LogP contribution < -0.4 is 18.9 Å². The highest BCUT2D eigenvalue weighted by molar-refractivity contribution is 7.09. The standard InChI is InChI=1S/C22H24N2O4S/c1-14-23-17(13-29-14)12-24-10-15-5-6-18(25-2)8-19(15)28-20-9-22(27-4)21(26-3)7-16(20)11-24/h5-9,13H,10-12H2,1-4H3. The van der Waals surface area contributed by atoms with Gasteiger partial charge in [0.1, 0.15) is 17.2 Å². The maximum atomic E-state index is 6.31. The van der Waals surface area contributed by atoms with Crippen molar-refractivity contribution in [3.8, 4) is 28.7 Å². The zero-order valence-corrected chi connectivity index (χ0v) is 17.8. The van der Waals surface area contributed by atoms with Gasteiger partial charge in [0.2, 0.25) is 0 Å². The number of benzene rings is 2. The van der Waals surface area contributed by atoms with E-state index in [1.54, 1.807) is 32.7 Å². The van der Waals surface area contributed by atoms with E-state index in [9.17, 15) is 0 Å². The summed E-state index contributed by atoms with van der Waals surface area (Å²) in [6, 6.07) is 9.81. The number of aryl methyl sites for hydroxylation is 1. The number of ether oxygens (including phenoxy) is 4. The highest BCUT2D eigenvalue weighted by atomic mass is 32.1. The maximum Gasteiger partial charge on any atom is 0.164 e. The molecule has 0 saturated heterocycles. The summed E-state index contributed by atoms with van der Waals surface area (Å²) in [7, 11) is 4.93. The molecule has 0 bridgehead atoms. The minimum absolute atomic E-state index is 0.637. The molecule has 152 valence electrons. The van der Waals surface area contributed by atoms with E-state index < -0.39 is 0 Å². The van der Waals surface area contributed by atoms with Crippen LogP contribution in [0.25, 0.3) is 0 Å². The molecule has 3 aromatic rings. The van der Waals surface area contributed by atoms with Crippen molar-refractivity contribution in [1.82, 2.24) is 9.88 Å². The number of thiazole rings is 1. The minimum atomic E-state index is 0.637. The Morgan fingerprint density at radius 1 is 0.966 bits per heavy atom. The average Bonchev–Trinajstić information content (AvgIpc) is 3.13. The molecule has 0 aliphatic carbocycles. The summed E-state index contributed by atoms with van der Waals surface area (Å²) < 4.78 is 22.7. The van der Waals surface area contributed by atoms with Gasteiger partial charge in [0, 0.05) is 48.3 Å². The Morgan fingerprint density at radius 2 is 1.69 bits per heavy atom. The fourth-order valence-electron chi connectivity index (χ4n) is 3.49. The molecule has 0 fully saturated rings. The fraction of sp³-hybridized carbons (Fsp3) is 0.318. The van der Waals surface area contributed by atoms with Crippen molar-refractivity contribution >= 4 is 11.3 Å². The van der Waals surface area contributed by atoms with E-state index in [1.807, 2.05) is 31.2 Å². The van der Waals surface area contributed by atoms with Crippen LogP contribution in [0.2, 0.25) is 0 Å². The van der Waals surface area contributed by atoms with Gasteiger partial charge in [-0.1, -0.05) is 6.07 Å². The second kappa shape index (κ2) is 8.31. The van der Waals surface area contributed by atoms with Crippen molar-refractivity contribution in [2.75, 3.05) is 21.3 Å². The monoisotopic (exact) mass is 412 g/mol. The third-order valence-electron chi connectivity index (χ3n) is 4.90. The number of hydrogen-bond acceptors (Lipinski definition) is 7. The zero-order chi connectivity index (χ0) is 20.4. The number of aromatic nitrogens is 1. The van der Waals surface area contributed by atoms with Crippen LogP contribution in [0.4, 0.5) is 0 Å². The van der Waals surface area contributed by atoms with E-state index in [0.717, 1.165) is 52.2 Å². The molecule has 0 amide bonds. The van der Waals surface area contributed by atoms with Crippen LogP contribution in [-0.4, -0.2) is 31.2 Å². The Kier molecular flexibility index (Phi) is 5.60. The van der Waals surface area contributed by atoms with Crippen LogP contribution in [0.15, 0.2) is 35.7 Å². The Hall–Kier alpha value is -2.77. The highest BCUT2D eigenvalue weighted by Crippen LogP contribution is 2.41. The molecular weight excluding hydrogens is 388 g/mol. The Bertz CT molecular complexity index is 1020. The van der Waals surface area contributed by atoms with E-state index in [4.69, 9.17) is 18.9 Å². The first-order valence-electron chi connectivity index (χ1n) is 9.32. The normalized spacial score (nSPS) is 13.5. The van der Waals surface area contributed by atoms with Gasteiger partial charge in [-0.05, 0) is 19.1 Å². The number of fused-ring (bicyclic) bond motifs is 2. The van der Waals surface area contributed by atoms with E-state index in [1.165, 1.54) is 0 Å². The summed E-state index contributed by atoms with van der Waals surface area (Å²) in [5, 5.41) is 3.20. The quantitative estimate of drug-likeness (QED) is 0.601. The molecule has 7 heteroatoms. The van der Waals surface area contributed by atoms with Gasteiger partial charge < -0.3 is 18.9 Å².